The van der Waals surface area contributed by atoms with Gasteiger partial charge in [0.2, 0.25) is 0 Å². The first-order chi connectivity index (χ1) is 6.85. The number of carbonyl (C=O) groups is 1. The van der Waals surface area contributed by atoms with Crippen molar-refractivity contribution >= 4 is 5.97 Å². The summed E-state index contributed by atoms with van der Waals surface area (Å²) in [5, 5.41) is 19.1. The van der Waals surface area contributed by atoms with Gasteiger partial charge in [0.1, 0.15) is 0 Å². The maximum atomic E-state index is 11.0. The number of rotatable bonds is 3. The lowest BCUT2D eigenvalue weighted by Gasteiger charge is -2.36. The van der Waals surface area contributed by atoms with Crippen molar-refractivity contribution in [2.24, 2.45) is 17.3 Å². The third-order valence-electron chi connectivity index (χ3n) is 3.80. The molecular weight excluding hydrogens is 192 g/mol. The minimum absolute atomic E-state index is 0.160. The van der Waals surface area contributed by atoms with Crippen LogP contribution in [0.4, 0.5) is 0 Å². The van der Waals surface area contributed by atoms with E-state index in [1.165, 1.54) is 0 Å². The van der Waals surface area contributed by atoms with Crippen LogP contribution < -0.4 is 0 Å². The van der Waals surface area contributed by atoms with E-state index in [0.29, 0.717) is 0 Å². The van der Waals surface area contributed by atoms with Crippen molar-refractivity contribution < 1.29 is 15.0 Å². The summed E-state index contributed by atoms with van der Waals surface area (Å²) in [6.07, 6.45) is 3.41. The lowest BCUT2D eigenvalue weighted by atomic mass is 9.72. The van der Waals surface area contributed by atoms with E-state index in [4.69, 9.17) is 5.11 Å². The van der Waals surface area contributed by atoms with Crippen molar-refractivity contribution in [2.75, 3.05) is 0 Å². The summed E-state index contributed by atoms with van der Waals surface area (Å²) in [6.45, 7) is 5.43. The maximum Gasteiger partial charge on any atom is 0.311 e. The summed E-state index contributed by atoms with van der Waals surface area (Å²) in [5.74, 6) is -0.0256. The number of carboxylic acids is 1. The number of hydrogen-bond acceptors (Lipinski definition) is 2. The van der Waals surface area contributed by atoms with Crippen molar-refractivity contribution in [1.29, 1.82) is 0 Å². The average molecular weight is 214 g/mol. The van der Waals surface area contributed by atoms with Crippen LogP contribution >= 0.6 is 0 Å². The summed E-state index contributed by atoms with van der Waals surface area (Å²) >= 11 is 0. The molecule has 1 unspecified atom stereocenters. The van der Waals surface area contributed by atoms with E-state index in [1.807, 2.05) is 0 Å². The van der Waals surface area contributed by atoms with Gasteiger partial charge < -0.3 is 10.2 Å². The van der Waals surface area contributed by atoms with E-state index in [9.17, 15) is 9.90 Å². The van der Waals surface area contributed by atoms with Gasteiger partial charge in [0, 0.05) is 0 Å². The number of aliphatic hydroxyl groups is 1. The molecule has 88 valence electrons. The Kier molecular flexibility index (Phi) is 3.77. The zero-order valence-corrected chi connectivity index (χ0v) is 9.86. The van der Waals surface area contributed by atoms with Crippen LogP contribution in [0.25, 0.3) is 0 Å². The standard InChI is InChI=1S/C12H22O3/c1-8-4-6-9(7-5-8)10(13)12(2,3)11(14)15/h8-10,13H,4-7H2,1-3H3,(H,14,15). The molecule has 3 heteroatoms. The molecule has 0 bridgehead atoms. The monoisotopic (exact) mass is 214 g/mol. The molecule has 0 saturated heterocycles. The number of hydrogen-bond donors (Lipinski definition) is 2. The van der Waals surface area contributed by atoms with Crippen LogP contribution in [-0.4, -0.2) is 22.3 Å². The molecular formula is C12H22O3. The molecule has 0 aliphatic heterocycles. The topological polar surface area (TPSA) is 57.5 Å². The Bertz CT molecular complexity index is 227. The van der Waals surface area contributed by atoms with E-state index >= 15 is 0 Å². The second-order valence-corrected chi connectivity index (χ2v) is 5.49. The minimum atomic E-state index is -1.02. The van der Waals surface area contributed by atoms with E-state index < -0.39 is 17.5 Å². The maximum absolute atomic E-state index is 11.0. The third-order valence-corrected chi connectivity index (χ3v) is 3.80. The Balaban J connectivity index is 2.60. The highest BCUT2D eigenvalue weighted by Crippen LogP contribution is 2.36. The molecule has 1 rings (SSSR count). The zero-order chi connectivity index (χ0) is 11.6. The van der Waals surface area contributed by atoms with Crippen molar-refractivity contribution in [3.8, 4) is 0 Å². The molecule has 0 radical (unpaired) electrons. The molecule has 1 fully saturated rings. The van der Waals surface area contributed by atoms with Crippen molar-refractivity contribution in [3.63, 3.8) is 0 Å². The molecule has 0 amide bonds. The fourth-order valence-electron chi connectivity index (χ4n) is 2.32. The number of aliphatic carboxylic acids is 1. The van der Waals surface area contributed by atoms with Gasteiger partial charge in [-0.1, -0.05) is 19.8 Å². The summed E-state index contributed by atoms with van der Waals surface area (Å²) in [4.78, 5) is 11.0. The highest BCUT2D eigenvalue weighted by Gasteiger charge is 2.41. The molecule has 3 nitrogen and oxygen atoms in total. The first-order valence-electron chi connectivity index (χ1n) is 5.77. The average Bonchev–Trinajstić information content (AvgIpc) is 2.17. The van der Waals surface area contributed by atoms with Crippen molar-refractivity contribution in [1.82, 2.24) is 0 Å². The zero-order valence-electron chi connectivity index (χ0n) is 9.86. The van der Waals surface area contributed by atoms with Crippen LogP contribution in [0.3, 0.4) is 0 Å². The molecule has 0 heterocycles. The van der Waals surface area contributed by atoms with Gasteiger partial charge in [-0.15, -0.1) is 0 Å². The van der Waals surface area contributed by atoms with Gasteiger partial charge in [-0.25, -0.2) is 0 Å². The predicted molar refractivity (Wildman–Crippen MR) is 58.5 cm³/mol. The fraction of sp³-hybridized carbons (Fsp3) is 0.917. The number of aliphatic hydroxyl groups excluding tert-OH is 1. The van der Waals surface area contributed by atoms with E-state index in [-0.39, 0.29) is 5.92 Å². The largest absolute Gasteiger partial charge is 0.481 e. The highest BCUT2D eigenvalue weighted by atomic mass is 16.4. The van der Waals surface area contributed by atoms with Crippen LogP contribution in [0.1, 0.15) is 46.5 Å². The second-order valence-electron chi connectivity index (χ2n) is 5.49. The molecule has 1 aliphatic carbocycles. The van der Waals surface area contributed by atoms with Gasteiger partial charge >= 0.3 is 5.97 Å². The Morgan fingerprint density at radius 2 is 1.73 bits per heavy atom. The first kappa shape index (κ1) is 12.5. The lowest BCUT2D eigenvalue weighted by molar-refractivity contribution is -0.156. The Morgan fingerprint density at radius 3 is 2.13 bits per heavy atom. The van der Waals surface area contributed by atoms with Crippen LogP contribution in [0.15, 0.2) is 0 Å². The van der Waals surface area contributed by atoms with Gasteiger partial charge in [0.15, 0.2) is 0 Å². The van der Waals surface area contributed by atoms with Gasteiger partial charge in [0.25, 0.3) is 0 Å². The Hall–Kier alpha value is -0.570. The van der Waals surface area contributed by atoms with Crippen molar-refractivity contribution in [3.05, 3.63) is 0 Å². The Morgan fingerprint density at radius 1 is 1.27 bits per heavy atom. The van der Waals surface area contributed by atoms with Crippen molar-refractivity contribution in [2.45, 2.75) is 52.6 Å². The third kappa shape index (κ3) is 2.71. The van der Waals surface area contributed by atoms with Crippen LogP contribution in [0.2, 0.25) is 0 Å². The van der Waals surface area contributed by atoms with Crippen LogP contribution in [0.5, 0.6) is 0 Å². The van der Waals surface area contributed by atoms with E-state index in [0.717, 1.165) is 31.6 Å². The quantitative estimate of drug-likeness (QED) is 0.757. The molecule has 1 saturated carbocycles. The van der Waals surface area contributed by atoms with Crippen LogP contribution in [0, 0.1) is 17.3 Å². The van der Waals surface area contributed by atoms with Crippen LogP contribution in [-0.2, 0) is 4.79 Å². The molecule has 0 aromatic rings. The lowest BCUT2D eigenvalue weighted by Crippen LogP contribution is -2.43. The number of carboxylic acid groups (broad SMARTS) is 1. The smallest absolute Gasteiger partial charge is 0.311 e. The molecule has 15 heavy (non-hydrogen) atoms. The molecule has 0 aromatic heterocycles. The summed E-state index contributed by atoms with van der Waals surface area (Å²) in [6, 6.07) is 0. The SMILES string of the molecule is CC1CCC(C(O)C(C)(C)C(=O)O)CC1. The first-order valence-corrected chi connectivity index (χ1v) is 5.77. The van der Waals surface area contributed by atoms with Gasteiger partial charge in [-0.2, -0.15) is 0 Å². The molecule has 0 spiro atoms. The Labute approximate surface area is 91.5 Å². The predicted octanol–water partition coefficient (Wildman–Crippen LogP) is 2.28. The summed E-state index contributed by atoms with van der Waals surface area (Å²) in [7, 11) is 0. The van der Waals surface area contributed by atoms with E-state index in [1.54, 1.807) is 13.8 Å². The van der Waals surface area contributed by atoms with Gasteiger partial charge in [-0.05, 0) is 38.5 Å². The molecule has 1 aliphatic rings. The highest BCUT2D eigenvalue weighted by molar-refractivity contribution is 5.74. The molecule has 2 N–H and O–H groups in total. The summed E-state index contributed by atoms with van der Waals surface area (Å²) in [5.41, 5.74) is -1.02. The molecule has 0 aromatic carbocycles. The normalized spacial score (nSPS) is 29.9. The minimum Gasteiger partial charge on any atom is -0.481 e. The van der Waals surface area contributed by atoms with Gasteiger partial charge in [-0.3, -0.25) is 4.79 Å². The fourth-order valence-corrected chi connectivity index (χ4v) is 2.32. The second kappa shape index (κ2) is 4.52. The van der Waals surface area contributed by atoms with Gasteiger partial charge in [0.05, 0.1) is 11.5 Å². The van der Waals surface area contributed by atoms with E-state index in [2.05, 4.69) is 6.92 Å². The summed E-state index contributed by atoms with van der Waals surface area (Å²) < 4.78 is 0. The molecule has 1 atom stereocenters.